The second-order valence-corrected chi connectivity index (χ2v) is 5.87. The van der Waals surface area contributed by atoms with Gasteiger partial charge in [-0.05, 0) is 6.92 Å². The number of urea groups is 1. The molecule has 0 spiro atoms. The molecule has 2 aliphatic heterocycles. The minimum Gasteiger partial charge on any atom is -0.468 e. The van der Waals surface area contributed by atoms with Gasteiger partial charge in [-0.1, -0.05) is 11.8 Å². The Hall–Kier alpha value is -1.81. The van der Waals surface area contributed by atoms with Crippen molar-refractivity contribution < 1.29 is 23.9 Å². The summed E-state index contributed by atoms with van der Waals surface area (Å²) >= 11 is 1.18. The highest BCUT2D eigenvalue weighted by molar-refractivity contribution is 8.14. The fourth-order valence-corrected chi connectivity index (χ4v) is 3.26. The Balaban J connectivity index is 2.16. The lowest BCUT2D eigenvalue weighted by molar-refractivity contribution is -0.137. The third-order valence-corrected chi connectivity index (χ3v) is 4.53. The van der Waals surface area contributed by atoms with E-state index >= 15 is 0 Å². The summed E-state index contributed by atoms with van der Waals surface area (Å²) in [6.07, 6.45) is -0.599. The van der Waals surface area contributed by atoms with E-state index in [1.165, 1.54) is 23.8 Å². The smallest absolute Gasteiger partial charge is 0.325 e. The third-order valence-electron chi connectivity index (χ3n) is 3.55. The maximum absolute atomic E-state index is 12.2. The first-order chi connectivity index (χ1) is 11.0. The first-order valence-corrected chi connectivity index (χ1v) is 8.17. The summed E-state index contributed by atoms with van der Waals surface area (Å²) in [5, 5.41) is 2.84. The molecule has 0 radical (unpaired) electrons. The maximum atomic E-state index is 12.2. The van der Waals surface area contributed by atoms with E-state index in [0.717, 1.165) is 0 Å². The lowest BCUT2D eigenvalue weighted by Gasteiger charge is -2.36. The molecule has 9 nitrogen and oxygen atoms in total. The summed E-state index contributed by atoms with van der Waals surface area (Å²) in [6.45, 7) is 3.31. The molecule has 0 aliphatic carbocycles. The molecule has 0 aromatic carbocycles. The van der Waals surface area contributed by atoms with Crippen LogP contribution in [0.4, 0.5) is 4.79 Å². The molecule has 0 aromatic heterocycles. The topological polar surface area (TPSA) is 101 Å². The number of carbonyl (C=O) groups excluding carboxylic acids is 3. The molecule has 23 heavy (non-hydrogen) atoms. The average molecular weight is 344 g/mol. The predicted octanol–water partition coefficient (Wildman–Crippen LogP) is -0.523. The highest BCUT2D eigenvalue weighted by Crippen LogP contribution is 2.28. The van der Waals surface area contributed by atoms with Crippen molar-refractivity contribution in [3.63, 3.8) is 0 Å². The largest absolute Gasteiger partial charge is 0.468 e. The van der Waals surface area contributed by atoms with Crippen molar-refractivity contribution in [2.75, 3.05) is 39.7 Å². The Kier molecular flexibility index (Phi) is 5.83. The van der Waals surface area contributed by atoms with Gasteiger partial charge in [-0.25, -0.2) is 9.79 Å². The van der Waals surface area contributed by atoms with Crippen molar-refractivity contribution >= 4 is 34.8 Å². The molecule has 2 aliphatic rings. The molecule has 2 rings (SSSR count). The van der Waals surface area contributed by atoms with Crippen molar-refractivity contribution in [2.24, 2.45) is 4.99 Å². The van der Waals surface area contributed by atoms with Gasteiger partial charge < -0.3 is 19.3 Å². The van der Waals surface area contributed by atoms with Gasteiger partial charge in [0.2, 0.25) is 0 Å². The van der Waals surface area contributed by atoms with E-state index in [1.54, 1.807) is 11.9 Å². The predicted molar refractivity (Wildman–Crippen MR) is 84.0 cm³/mol. The molecule has 2 atom stereocenters. The molecular formula is C13H20N4O5S. The number of aliphatic imine (C=N–C) groups is 1. The summed E-state index contributed by atoms with van der Waals surface area (Å²) in [4.78, 5) is 42.9. The number of amides is 3. The number of nitrogens with one attached hydrogen (secondary N) is 1. The Labute approximate surface area is 138 Å². The minimum absolute atomic E-state index is 0.0825. The zero-order valence-corrected chi connectivity index (χ0v) is 14.1. The first kappa shape index (κ1) is 17.5. The fourth-order valence-electron chi connectivity index (χ4n) is 2.35. The Morgan fingerprint density at radius 1 is 1.43 bits per heavy atom. The van der Waals surface area contributed by atoms with Gasteiger partial charge in [0.15, 0.2) is 17.4 Å². The number of nitrogens with zero attached hydrogens (tertiary/aromatic N) is 3. The molecule has 0 bridgehead atoms. The molecule has 3 amide bonds. The maximum Gasteiger partial charge on any atom is 0.325 e. The number of carbonyl (C=O) groups is 3. The van der Waals surface area contributed by atoms with E-state index in [1.807, 2.05) is 6.92 Å². The van der Waals surface area contributed by atoms with Crippen molar-refractivity contribution in [2.45, 2.75) is 19.1 Å². The molecule has 128 valence electrons. The molecule has 1 N–H and O–H groups in total. The zero-order valence-electron chi connectivity index (χ0n) is 13.3. The second kappa shape index (κ2) is 7.64. The molecule has 1 fully saturated rings. The van der Waals surface area contributed by atoms with Crippen molar-refractivity contribution in [1.29, 1.82) is 0 Å². The van der Waals surface area contributed by atoms with Crippen molar-refractivity contribution in [1.82, 2.24) is 15.1 Å². The van der Waals surface area contributed by atoms with E-state index in [-0.39, 0.29) is 11.7 Å². The third kappa shape index (κ3) is 3.75. The lowest BCUT2D eigenvalue weighted by Crippen LogP contribution is -2.63. The van der Waals surface area contributed by atoms with Gasteiger partial charge in [0, 0.05) is 20.2 Å². The van der Waals surface area contributed by atoms with E-state index in [2.05, 4.69) is 15.0 Å². The quantitative estimate of drug-likeness (QED) is 0.511. The Morgan fingerprint density at radius 3 is 2.83 bits per heavy atom. The van der Waals surface area contributed by atoms with Crippen LogP contribution in [0.25, 0.3) is 0 Å². The van der Waals surface area contributed by atoms with Crippen LogP contribution < -0.4 is 5.32 Å². The number of ether oxygens (including phenoxy) is 2. The van der Waals surface area contributed by atoms with Gasteiger partial charge in [-0.2, -0.15) is 0 Å². The number of esters is 1. The van der Waals surface area contributed by atoms with E-state index in [4.69, 9.17) is 4.74 Å². The number of thioether (sulfide) groups is 1. The van der Waals surface area contributed by atoms with Gasteiger partial charge in [-0.3, -0.25) is 14.9 Å². The average Bonchev–Trinajstić information content (AvgIpc) is 2.90. The van der Waals surface area contributed by atoms with Crippen LogP contribution in [-0.2, 0) is 19.1 Å². The standard InChI is InChI=1S/C13H20N4O5S/c1-4-22-6-5-17-9-10(16(2)12(20)15-11(9)19)14-13(17)23-7-8(18)21-3/h9-10H,4-7H2,1-3H3,(H,15,19,20). The van der Waals surface area contributed by atoms with E-state index in [0.29, 0.717) is 24.9 Å². The lowest BCUT2D eigenvalue weighted by atomic mass is 10.1. The number of hydrogen-bond donors (Lipinski definition) is 1. The molecule has 1 saturated heterocycles. The van der Waals surface area contributed by atoms with Crippen LogP contribution >= 0.6 is 11.8 Å². The summed E-state index contributed by atoms with van der Waals surface area (Å²) in [5.41, 5.74) is 0. The van der Waals surface area contributed by atoms with Crippen molar-refractivity contribution in [3.8, 4) is 0 Å². The Morgan fingerprint density at radius 2 is 2.17 bits per heavy atom. The summed E-state index contributed by atoms with van der Waals surface area (Å²) in [7, 11) is 2.89. The minimum atomic E-state index is -0.613. The SMILES string of the molecule is CCOCCN1C(SCC(=O)OC)=NC2C1C(=O)NC(=O)N2C. The summed E-state index contributed by atoms with van der Waals surface area (Å²) in [5.74, 6) is -0.697. The van der Waals surface area contributed by atoms with Crippen LogP contribution in [-0.4, -0.2) is 84.8 Å². The number of hydrogen-bond acceptors (Lipinski definition) is 8. The summed E-state index contributed by atoms with van der Waals surface area (Å²) in [6, 6.07) is -1.10. The molecular weight excluding hydrogens is 324 g/mol. The summed E-state index contributed by atoms with van der Waals surface area (Å²) < 4.78 is 9.96. The second-order valence-electron chi connectivity index (χ2n) is 4.93. The number of likely N-dealkylation sites (N-methyl/N-ethyl adjacent to an activating group) is 1. The van der Waals surface area contributed by atoms with Gasteiger partial charge in [0.25, 0.3) is 5.91 Å². The van der Waals surface area contributed by atoms with Gasteiger partial charge in [0.05, 0.1) is 19.5 Å². The number of methoxy groups -OCH3 is 1. The number of rotatable bonds is 6. The normalized spacial score (nSPS) is 23.5. The van der Waals surface area contributed by atoms with Crippen LogP contribution in [0.5, 0.6) is 0 Å². The van der Waals surface area contributed by atoms with E-state index in [9.17, 15) is 14.4 Å². The molecule has 0 saturated carbocycles. The van der Waals surface area contributed by atoms with Crippen molar-refractivity contribution in [3.05, 3.63) is 0 Å². The van der Waals surface area contributed by atoms with Gasteiger partial charge >= 0.3 is 12.0 Å². The Bertz CT molecular complexity index is 526. The van der Waals surface area contributed by atoms with Crippen LogP contribution in [0.15, 0.2) is 4.99 Å². The molecule has 0 aromatic rings. The first-order valence-electron chi connectivity index (χ1n) is 7.19. The number of imide groups is 1. The zero-order chi connectivity index (χ0) is 17.0. The van der Waals surface area contributed by atoms with Gasteiger partial charge in [0.1, 0.15) is 0 Å². The van der Waals surface area contributed by atoms with Gasteiger partial charge in [-0.15, -0.1) is 0 Å². The molecule has 10 heteroatoms. The van der Waals surface area contributed by atoms with Crippen LogP contribution in [0, 0.1) is 0 Å². The molecule has 2 heterocycles. The van der Waals surface area contributed by atoms with E-state index < -0.39 is 24.1 Å². The number of fused-ring (bicyclic) bond motifs is 1. The highest BCUT2D eigenvalue weighted by atomic mass is 32.2. The molecule has 2 unspecified atom stereocenters. The van der Waals surface area contributed by atoms with Crippen LogP contribution in [0.2, 0.25) is 0 Å². The highest BCUT2D eigenvalue weighted by Gasteiger charge is 2.48. The number of amidine groups is 1. The monoisotopic (exact) mass is 344 g/mol. The van der Waals surface area contributed by atoms with Crippen LogP contribution in [0.3, 0.4) is 0 Å². The fraction of sp³-hybridized carbons (Fsp3) is 0.692. The van der Waals surface area contributed by atoms with Crippen LogP contribution in [0.1, 0.15) is 6.92 Å².